The molecular weight excluding hydrogens is 250 g/mol. The van der Waals surface area contributed by atoms with E-state index < -0.39 is 0 Å². The summed E-state index contributed by atoms with van der Waals surface area (Å²) in [6.07, 6.45) is 3.17. The van der Waals surface area contributed by atoms with Crippen LogP contribution in [0.15, 0.2) is 30.3 Å². The van der Waals surface area contributed by atoms with E-state index in [9.17, 15) is 4.79 Å². The Bertz CT molecular complexity index is 633. The van der Waals surface area contributed by atoms with E-state index in [0.29, 0.717) is 0 Å². The van der Waals surface area contributed by atoms with E-state index in [0.717, 1.165) is 48.1 Å². The number of pyridine rings is 1. The SMILES string of the molecule is Cc1ccc2cccc(NC(=O)[C@@H]3CCCCN3)c2n1. The lowest BCUT2D eigenvalue weighted by Crippen LogP contribution is -2.43. The number of hydrogen-bond acceptors (Lipinski definition) is 3. The molecule has 3 rings (SSSR count). The maximum absolute atomic E-state index is 12.3. The number of piperidine rings is 1. The molecule has 1 aromatic heterocycles. The predicted octanol–water partition coefficient (Wildman–Crippen LogP) is 2.62. The zero-order valence-corrected chi connectivity index (χ0v) is 11.6. The Morgan fingerprint density at radius 3 is 3.00 bits per heavy atom. The van der Waals surface area contributed by atoms with Gasteiger partial charge in [0.1, 0.15) is 0 Å². The van der Waals surface area contributed by atoms with Gasteiger partial charge in [0.25, 0.3) is 0 Å². The highest BCUT2D eigenvalue weighted by atomic mass is 16.2. The molecule has 2 heterocycles. The predicted molar refractivity (Wildman–Crippen MR) is 80.8 cm³/mol. The van der Waals surface area contributed by atoms with Gasteiger partial charge in [-0.3, -0.25) is 9.78 Å². The molecule has 0 bridgehead atoms. The molecule has 4 nitrogen and oxygen atoms in total. The van der Waals surface area contributed by atoms with E-state index in [1.54, 1.807) is 0 Å². The summed E-state index contributed by atoms with van der Waals surface area (Å²) in [5, 5.41) is 7.33. The number of nitrogens with zero attached hydrogens (tertiary/aromatic N) is 1. The number of fused-ring (bicyclic) bond motifs is 1. The standard InChI is InChI=1S/C16H19N3O/c1-11-8-9-12-5-4-7-13(15(12)18-11)19-16(20)14-6-2-3-10-17-14/h4-5,7-9,14,17H,2-3,6,10H2,1H3,(H,19,20)/t14-/m0/s1. The number of nitrogens with one attached hydrogen (secondary N) is 2. The average Bonchev–Trinajstić information content (AvgIpc) is 2.49. The minimum absolute atomic E-state index is 0.0421. The number of amides is 1. The molecule has 0 spiro atoms. The van der Waals surface area contributed by atoms with Crippen LogP contribution in [0.4, 0.5) is 5.69 Å². The van der Waals surface area contributed by atoms with Gasteiger partial charge >= 0.3 is 0 Å². The Hall–Kier alpha value is -1.94. The largest absolute Gasteiger partial charge is 0.323 e. The molecule has 0 unspecified atom stereocenters. The quantitative estimate of drug-likeness (QED) is 0.881. The van der Waals surface area contributed by atoms with E-state index in [2.05, 4.69) is 15.6 Å². The van der Waals surface area contributed by atoms with Crippen LogP contribution in [-0.4, -0.2) is 23.5 Å². The normalized spacial score (nSPS) is 18.9. The van der Waals surface area contributed by atoms with Crippen molar-refractivity contribution >= 4 is 22.5 Å². The highest BCUT2D eigenvalue weighted by molar-refractivity contribution is 6.02. The summed E-state index contributed by atoms with van der Waals surface area (Å²) >= 11 is 0. The minimum atomic E-state index is -0.0798. The smallest absolute Gasteiger partial charge is 0.241 e. The zero-order chi connectivity index (χ0) is 13.9. The van der Waals surface area contributed by atoms with Crippen molar-refractivity contribution < 1.29 is 4.79 Å². The van der Waals surface area contributed by atoms with Gasteiger partial charge in [0.05, 0.1) is 17.2 Å². The van der Waals surface area contributed by atoms with Crippen molar-refractivity contribution in [3.63, 3.8) is 0 Å². The minimum Gasteiger partial charge on any atom is -0.323 e. The van der Waals surface area contributed by atoms with Gasteiger partial charge in [-0.25, -0.2) is 0 Å². The molecule has 1 aromatic carbocycles. The van der Waals surface area contributed by atoms with Crippen molar-refractivity contribution in [1.29, 1.82) is 0 Å². The molecule has 1 saturated heterocycles. The van der Waals surface area contributed by atoms with Gasteiger partial charge in [0.15, 0.2) is 0 Å². The van der Waals surface area contributed by atoms with E-state index in [-0.39, 0.29) is 11.9 Å². The molecule has 1 aliphatic heterocycles. The van der Waals surface area contributed by atoms with E-state index in [4.69, 9.17) is 0 Å². The molecule has 104 valence electrons. The summed E-state index contributed by atoms with van der Waals surface area (Å²) in [5.74, 6) is 0.0421. The molecule has 1 amide bonds. The summed E-state index contributed by atoms with van der Waals surface area (Å²) in [4.78, 5) is 16.8. The molecule has 0 aliphatic carbocycles. The number of carbonyl (C=O) groups excluding carboxylic acids is 1. The highest BCUT2D eigenvalue weighted by Crippen LogP contribution is 2.22. The average molecular weight is 269 g/mol. The Kier molecular flexibility index (Phi) is 3.65. The first-order chi connectivity index (χ1) is 9.74. The molecule has 2 N–H and O–H groups in total. The Labute approximate surface area is 118 Å². The topological polar surface area (TPSA) is 54.0 Å². The molecule has 1 fully saturated rings. The van der Waals surface area contributed by atoms with Crippen LogP contribution < -0.4 is 10.6 Å². The van der Waals surface area contributed by atoms with Crippen molar-refractivity contribution in [3.05, 3.63) is 36.0 Å². The van der Waals surface area contributed by atoms with Gasteiger partial charge in [0.2, 0.25) is 5.91 Å². The third kappa shape index (κ3) is 2.65. The van der Waals surface area contributed by atoms with E-state index >= 15 is 0 Å². The van der Waals surface area contributed by atoms with Gasteiger partial charge in [0, 0.05) is 11.1 Å². The molecule has 1 aliphatic rings. The lowest BCUT2D eigenvalue weighted by Gasteiger charge is -2.22. The molecule has 4 heteroatoms. The number of carbonyl (C=O) groups is 1. The van der Waals surface area contributed by atoms with Crippen molar-refractivity contribution in [2.75, 3.05) is 11.9 Å². The van der Waals surface area contributed by atoms with Gasteiger partial charge < -0.3 is 10.6 Å². The van der Waals surface area contributed by atoms with E-state index in [1.165, 1.54) is 0 Å². The van der Waals surface area contributed by atoms with Crippen molar-refractivity contribution in [3.8, 4) is 0 Å². The van der Waals surface area contributed by atoms with Crippen LogP contribution in [0.5, 0.6) is 0 Å². The second kappa shape index (κ2) is 5.59. The molecule has 1 atom stereocenters. The second-order valence-corrected chi connectivity index (χ2v) is 5.32. The fourth-order valence-electron chi connectivity index (χ4n) is 2.64. The van der Waals surface area contributed by atoms with Crippen LogP contribution in [0.3, 0.4) is 0 Å². The zero-order valence-electron chi connectivity index (χ0n) is 11.6. The number of aromatic nitrogens is 1. The van der Waals surface area contributed by atoms with Crippen LogP contribution in [0.25, 0.3) is 10.9 Å². The second-order valence-electron chi connectivity index (χ2n) is 5.32. The van der Waals surface area contributed by atoms with Gasteiger partial charge in [-0.1, -0.05) is 24.6 Å². The van der Waals surface area contributed by atoms with E-state index in [1.807, 2.05) is 37.3 Å². The Balaban J connectivity index is 1.86. The molecule has 2 aromatic rings. The van der Waals surface area contributed by atoms with Gasteiger partial charge in [-0.05, 0) is 38.4 Å². The van der Waals surface area contributed by atoms with Gasteiger partial charge in [-0.2, -0.15) is 0 Å². The summed E-state index contributed by atoms with van der Waals surface area (Å²) in [6, 6.07) is 9.81. The fourth-order valence-corrected chi connectivity index (χ4v) is 2.64. The summed E-state index contributed by atoms with van der Waals surface area (Å²) in [5.41, 5.74) is 2.61. The summed E-state index contributed by atoms with van der Waals surface area (Å²) in [7, 11) is 0. The maximum atomic E-state index is 12.3. The number of anilines is 1. The third-order valence-electron chi connectivity index (χ3n) is 3.74. The summed E-state index contributed by atoms with van der Waals surface area (Å²) in [6.45, 7) is 2.88. The van der Waals surface area contributed by atoms with Crippen molar-refractivity contribution in [2.45, 2.75) is 32.2 Å². The van der Waals surface area contributed by atoms with Crippen LogP contribution in [0.2, 0.25) is 0 Å². The third-order valence-corrected chi connectivity index (χ3v) is 3.74. The molecule has 0 saturated carbocycles. The lowest BCUT2D eigenvalue weighted by atomic mass is 10.0. The first-order valence-corrected chi connectivity index (χ1v) is 7.15. The number of benzene rings is 1. The molecule has 0 radical (unpaired) electrons. The maximum Gasteiger partial charge on any atom is 0.241 e. The number of rotatable bonds is 2. The number of aryl methyl sites for hydroxylation is 1. The van der Waals surface area contributed by atoms with Crippen molar-refractivity contribution in [2.24, 2.45) is 0 Å². The Morgan fingerprint density at radius 2 is 2.20 bits per heavy atom. The van der Waals surface area contributed by atoms with Gasteiger partial charge in [-0.15, -0.1) is 0 Å². The lowest BCUT2D eigenvalue weighted by molar-refractivity contribution is -0.118. The fraction of sp³-hybridized carbons (Fsp3) is 0.375. The monoisotopic (exact) mass is 269 g/mol. The highest BCUT2D eigenvalue weighted by Gasteiger charge is 2.21. The number of para-hydroxylation sites is 1. The first kappa shape index (κ1) is 13.1. The first-order valence-electron chi connectivity index (χ1n) is 7.15. The number of hydrogen-bond donors (Lipinski definition) is 2. The van der Waals surface area contributed by atoms with Crippen molar-refractivity contribution in [1.82, 2.24) is 10.3 Å². The Morgan fingerprint density at radius 1 is 1.30 bits per heavy atom. The summed E-state index contributed by atoms with van der Waals surface area (Å²) < 4.78 is 0. The molecule has 20 heavy (non-hydrogen) atoms. The van der Waals surface area contributed by atoms with Crippen LogP contribution in [0.1, 0.15) is 25.0 Å². The van der Waals surface area contributed by atoms with Crippen LogP contribution >= 0.6 is 0 Å². The van der Waals surface area contributed by atoms with Crippen LogP contribution in [0, 0.1) is 6.92 Å². The molecular formula is C16H19N3O. The van der Waals surface area contributed by atoms with Crippen LogP contribution in [-0.2, 0) is 4.79 Å².